The summed E-state index contributed by atoms with van der Waals surface area (Å²) in [6.07, 6.45) is 1.39. The smallest absolute Gasteiger partial charge is 0.220 e. The van der Waals surface area contributed by atoms with Crippen LogP contribution in [0.4, 0.5) is 0 Å². The van der Waals surface area contributed by atoms with E-state index in [-0.39, 0.29) is 11.9 Å². The van der Waals surface area contributed by atoms with Gasteiger partial charge in [0, 0.05) is 44.0 Å². The van der Waals surface area contributed by atoms with Gasteiger partial charge in [0.25, 0.3) is 0 Å². The zero-order valence-corrected chi connectivity index (χ0v) is 16.6. The molecular weight excluding hydrogens is 342 g/mol. The number of hydrogen-bond donors (Lipinski definition) is 1. The monoisotopic (exact) mass is 371 g/mol. The lowest BCUT2D eigenvalue weighted by atomic mass is 10.0. The van der Waals surface area contributed by atoms with Crippen LogP contribution in [0.2, 0.25) is 0 Å². The molecule has 1 aromatic carbocycles. The van der Waals surface area contributed by atoms with Gasteiger partial charge in [-0.1, -0.05) is 35.9 Å². The van der Waals surface area contributed by atoms with Gasteiger partial charge in [-0.3, -0.25) is 9.69 Å². The topological polar surface area (TPSA) is 35.6 Å². The fraction of sp³-hybridized carbons (Fsp3) is 0.476. The number of carbonyl (C=O) groups is 1. The van der Waals surface area contributed by atoms with Crippen LogP contribution in [0.1, 0.15) is 28.5 Å². The number of nitrogens with zero attached hydrogens (tertiary/aromatic N) is 2. The third-order valence-electron chi connectivity index (χ3n) is 5.11. The number of amides is 1. The molecule has 1 atom stereocenters. The second-order valence-electron chi connectivity index (χ2n) is 7.15. The average Bonchev–Trinajstić information content (AvgIpc) is 3.16. The summed E-state index contributed by atoms with van der Waals surface area (Å²) < 4.78 is 0. The average molecular weight is 372 g/mol. The number of benzene rings is 1. The first kappa shape index (κ1) is 19.1. The minimum atomic E-state index is 0.143. The van der Waals surface area contributed by atoms with Gasteiger partial charge in [0.1, 0.15) is 0 Å². The van der Waals surface area contributed by atoms with Crippen molar-refractivity contribution in [1.29, 1.82) is 0 Å². The summed E-state index contributed by atoms with van der Waals surface area (Å²) in [5.41, 5.74) is 2.56. The van der Waals surface area contributed by atoms with Crippen LogP contribution in [0, 0.1) is 6.92 Å². The van der Waals surface area contributed by atoms with E-state index in [4.69, 9.17) is 0 Å². The van der Waals surface area contributed by atoms with Crippen LogP contribution >= 0.6 is 11.3 Å². The summed E-state index contributed by atoms with van der Waals surface area (Å²) in [6, 6.07) is 13.1. The van der Waals surface area contributed by atoms with Gasteiger partial charge in [-0.05, 0) is 37.4 Å². The normalized spacial score (nSPS) is 17.2. The summed E-state index contributed by atoms with van der Waals surface area (Å²) >= 11 is 1.72. The quantitative estimate of drug-likeness (QED) is 0.812. The van der Waals surface area contributed by atoms with Crippen molar-refractivity contribution in [2.24, 2.45) is 0 Å². The number of piperazine rings is 1. The second-order valence-corrected chi connectivity index (χ2v) is 8.18. The van der Waals surface area contributed by atoms with Crippen molar-refractivity contribution in [3.05, 3.63) is 57.8 Å². The van der Waals surface area contributed by atoms with E-state index in [0.29, 0.717) is 13.0 Å². The fourth-order valence-corrected chi connectivity index (χ4v) is 4.08. The van der Waals surface area contributed by atoms with E-state index in [9.17, 15) is 4.79 Å². The molecule has 3 rings (SSSR count). The van der Waals surface area contributed by atoms with Gasteiger partial charge < -0.3 is 10.2 Å². The Bertz CT molecular complexity index is 676. The molecule has 1 aliphatic heterocycles. The second kappa shape index (κ2) is 9.31. The van der Waals surface area contributed by atoms with Crippen LogP contribution in [0.3, 0.4) is 0 Å². The molecule has 1 aromatic heterocycles. The molecule has 2 aromatic rings. The zero-order chi connectivity index (χ0) is 18.4. The summed E-state index contributed by atoms with van der Waals surface area (Å²) in [5.74, 6) is 0.143. The number of likely N-dealkylation sites (N-methyl/N-ethyl adjacent to an activating group) is 1. The number of nitrogens with one attached hydrogen (secondary N) is 1. The van der Waals surface area contributed by atoms with E-state index in [1.54, 1.807) is 11.3 Å². The highest BCUT2D eigenvalue weighted by atomic mass is 32.1. The van der Waals surface area contributed by atoms with Gasteiger partial charge in [-0.25, -0.2) is 0 Å². The summed E-state index contributed by atoms with van der Waals surface area (Å²) in [7, 11) is 2.17. The first-order chi connectivity index (χ1) is 12.6. The Morgan fingerprint density at radius 3 is 2.54 bits per heavy atom. The minimum absolute atomic E-state index is 0.143. The van der Waals surface area contributed by atoms with Gasteiger partial charge in [-0.15, -0.1) is 11.3 Å². The van der Waals surface area contributed by atoms with Crippen LogP contribution in [0.25, 0.3) is 0 Å². The molecule has 1 N–H and O–H groups in total. The maximum atomic E-state index is 12.3. The molecule has 0 aliphatic carbocycles. The molecule has 0 bridgehead atoms. The molecule has 1 unspecified atom stereocenters. The summed E-state index contributed by atoms with van der Waals surface area (Å²) in [4.78, 5) is 18.5. The molecule has 2 heterocycles. The highest BCUT2D eigenvalue weighted by Gasteiger charge is 2.24. The molecule has 26 heavy (non-hydrogen) atoms. The van der Waals surface area contributed by atoms with E-state index < -0.39 is 0 Å². The standard InChI is InChI=1S/C21H29N3OS/c1-17-5-7-18(8-6-17)20(24-13-11-23(2)12-14-24)16-22-21(25)10-9-19-4-3-15-26-19/h3-8,15,20H,9-14,16H2,1-2H3,(H,22,25). The van der Waals surface area contributed by atoms with E-state index >= 15 is 0 Å². The van der Waals surface area contributed by atoms with Crippen molar-refractivity contribution in [1.82, 2.24) is 15.1 Å². The Labute approximate surface area is 160 Å². The highest BCUT2D eigenvalue weighted by molar-refractivity contribution is 7.09. The Balaban J connectivity index is 1.59. The number of hydrogen-bond acceptors (Lipinski definition) is 4. The number of aryl methyl sites for hydroxylation is 2. The van der Waals surface area contributed by atoms with Crippen molar-refractivity contribution in [2.45, 2.75) is 25.8 Å². The number of carbonyl (C=O) groups excluding carboxylic acids is 1. The predicted octanol–water partition coefficient (Wildman–Crippen LogP) is 3.09. The Kier molecular flexibility index (Phi) is 6.83. The minimum Gasteiger partial charge on any atom is -0.354 e. The van der Waals surface area contributed by atoms with E-state index in [1.165, 1.54) is 16.0 Å². The van der Waals surface area contributed by atoms with E-state index in [0.717, 1.165) is 32.6 Å². The maximum absolute atomic E-state index is 12.3. The predicted molar refractivity (Wildman–Crippen MR) is 109 cm³/mol. The molecule has 1 saturated heterocycles. The first-order valence-corrected chi connectivity index (χ1v) is 10.3. The Morgan fingerprint density at radius 2 is 1.88 bits per heavy atom. The van der Waals surface area contributed by atoms with E-state index in [1.807, 2.05) is 6.07 Å². The van der Waals surface area contributed by atoms with Crippen LogP contribution in [0.15, 0.2) is 41.8 Å². The number of thiophene rings is 1. The molecule has 0 saturated carbocycles. The maximum Gasteiger partial charge on any atom is 0.220 e. The van der Waals surface area contributed by atoms with Gasteiger partial charge in [0.2, 0.25) is 5.91 Å². The lowest BCUT2D eigenvalue weighted by molar-refractivity contribution is -0.121. The van der Waals surface area contributed by atoms with Crippen molar-refractivity contribution in [2.75, 3.05) is 39.8 Å². The molecule has 1 fully saturated rings. The molecule has 5 heteroatoms. The van der Waals surface area contributed by atoms with Crippen LogP contribution in [0.5, 0.6) is 0 Å². The Hall–Kier alpha value is -1.69. The first-order valence-electron chi connectivity index (χ1n) is 9.40. The van der Waals surface area contributed by atoms with Crippen molar-refractivity contribution in [3.63, 3.8) is 0 Å². The fourth-order valence-electron chi connectivity index (χ4n) is 3.37. The molecule has 1 aliphatic rings. The summed E-state index contributed by atoms with van der Waals surface area (Å²) in [5, 5.41) is 5.24. The molecule has 0 radical (unpaired) electrons. The Morgan fingerprint density at radius 1 is 1.15 bits per heavy atom. The highest BCUT2D eigenvalue weighted by Crippen LogP contribution is 2.22. The molecule has 1 amide bonds. The van der Waals surface area contributed by atoms with Crippen molar-refractivity contribution >= 4 is 17.2 Å². The van der Waals surface area contributed by atoms with Crippen molar-refractivity contribution < 1.29 is 4.79 Å². The van der Waals surface area contributed by atoms with Gasteiger partial charge >= 0.3 is 0 Å². The molecule has 4 nitrogen and oxygen atoms in total. The van der Waals surface area contributed by atoms with Crippen molar-refractivity contribution in [3.8, 4) is 0 Å². The van der Waals surface area contributed by atoms with Gasteiger partial charge in [-0.2, -0.15) is 0 Å². The van der Waals surface area contributed by atoms with Gasteiger partial charge in [0.05, 0.1) is 6.04 Å². The lowest BCUT2D eigenvalue weighted by Crippen LogP contribution is -2.48. The molecule has 0 spiro atoms. The van der Waals surface area contributed by atoms with Gasteiger partial charge in [0.15, 0.2) is 0 Å². The number of rotatable bonds is 7. The lowest BCUT2D eigenvalue weighted by Gasteiger charge is -2.38. The third kappa shape index (κ3) is 5.40. The van der Waals surface area contributed by atoms with Crippen LogP contribution < -0.4 is 5.32 Å². The van der Waals surface area contributed by atoms with E-state index in [2.05, 4.69) is 64.8 Å². The SMILES string of the molecule is Cc1ccc(C(CNC(=O)CCc2cccs2)N2CCN(C)CC2)cc1. The molecular formula is C21H29N3OS. The molecule has 140 valence electrons. The third-order valence-corrected chi connectivity index (χ3v) is 6.05. The van der Waals surface area contributed by atoms with Crippen LogP contribution in [-0.4, -0.2) is 55.5 Å². The zero-order valence-electron chi connectivity index (χ0n) is 15.8. The van der Waals surface area contributed by atoms with Crippen LogP contribution in [-0.2, 0) is 11.2 Å². The largest absolute Gasteiger partial charge is 0.354 e. The summed E-state index contributed by atoms with van der Waals surface area (Å²) in [6.45, 7) is 7.03.